The van der Waals surface area contributed by atoms with E-state index in [1.54, 1.807) is 0 Å². The Labute approximate surface area is 129 Å². The third-order valence-electron chi connectivity index (χ3n) is 5.42. The number of likely N-dealkylation sites (tertiary alicyclic amines) is 1. The first-order valence-corrected chi connectivity index (χ1v) is 8.73. The van der Waals surface area contributed by atoms with Gasteiger partial charge in [0.1, 0.15) is 0 Å². The van der Waals surface area contributed by atoms with Crippen LogP contribution in [0.1, 0.15) is 49.7 Å². The summed E-state index contributed by atoms with van der Waals surface area (Å²) in [5.41, 5.74) is 2.90. The van der Waals surface area contributed by atoms with E-state index in [9.17, 15) is 0 Å². The van der Waals surface area contributed by atoms with Crippen LogP contribution in [0.2, 0.25) is 0 Å². The Hall–Kier alpha value is -0.860. The largest absolute Gasteiger partial charge is 0.313 e. The van der Waals surface area contributed by atoms with E-state index >= 15 is 0 Å². The summed E-state index contributed by atoms with van der Waals surface area (Å²) < 4.78 is 0. The Morgan fingerprint density at radius 3 is 2.43 bits per heavy atom. The van der Waals surface area contributed by atoms with Gasteiger partial charge in [-0.15, -0.1) is 0 Å². The number of hydrogen-bond acceptors (Lipinski definition) is 2. The Bertz CT molecular complexity index is 425. The molecular formula is C19H30N2. The first-order chi connectivity index (χ1) is 10.2. The van der Waals surface area contributed by atoms with Gasteiger partial charge in [-0.2, -0.15) is 0 Å². The van der Waals surface area contributed by atoms with Crippen LogP contribution >= 0.6 is 0 Å². The normalized spacial score (nSPS) is 27.5. The zero-order chi connectivity index (χ0) is 14.7. The van der Waals surface area contributed by atoms with Crippen molar-refractivity contribution in [1.82, 2.24) is 10.2 Å². The zero-order valence-electron chi connectivity index (χ0n) is 13.6. The van der Waals surface area contributed by atoms with Gasteiger partial charge in [-0.3, -0.25) is 0 Å². The average molecular weight is 286 g/mol. The number of nitrogens with one attached hydrogen (secondary N) is 1. The summed E-state index contributed by atoms with van der Waals surface area (Å²) in [4.78, 5) is 2.63. The van der Waals surface area contributed by atoms with Gasteiger partial charge in [0.25, 0.3) is 0 Å². The van der Waals surface area contributed by atoms with Crippen molar-refractivity contribution in [3.05, 3.63) is 35.4 Å². The number of benzene rings is 1. The van der Waals surface area contributed by atoms with Crippen molar-refractivity contribution in [3.63, 3.8) is 0 Å². The van der Waals surface area contributed by atoms with Crippen LogP contribution in [0.5, 0.6) is 0 Å². The maximum Gasteiger partial charge on any atom is 0.0107 e. The second-order valence-electron chi connectivity index (χ2n) is 7.25. The molecule has 0 bridgehead atoms. The first-order valence-electron chi connectivity index (χ1n) is 8.73. The van der Waals surface area contributed by atoms with E-state index in [1.807, 2.05) is 0 Å². The van der Waals surface area contributed by atoms with Gasteiger partial charge in [0.05, 0.1) is 0 Å². The molecule has 0 aromatic heterocycles. The number of piperidine rings is 1. The summed E-state index contributed by atoms with van der Waals surface area (Å²) in [7, 11) is 0. The highest BCUT2D eigenvalue weighted by molar-refractivity contribution is 5.26. The number of rotatable bonds is 5. The molecule has 1 aromatic carbocycles. The van der Waals surface area contributed by atoms with Crippen LogP contribution in [-0.2, 0) is 0 Å². The standard InChI is InChI=1S/C19H30N2/c1-15-3-5-17(6-4-15)18-13-19(14-18)20-9-12-21-10-7-16(2)8-11-21/h3-6,16,18-20H,7-14H2,1-2H3. The van der Waals surface area contributed by atoms with Crippen molar-refractivity contribution >= 4 is 0 Å². The van der Waals surface area contributed by atoms with Gasteiger partial charge in [-0.25, -0.2) is 0 Å². The predicted molar refractivity (Wildman–Crippen MR) is 89.8 cm³/mol. The number of hydrogen-bond donors (Lipinski definition) is 1. The molecule has 1 aliphatic carbocycles. The van der Waals surface area contributed by atoms with Crippen LogP contribution in [0.15, 0.2) is 24.3 Å². The lowest BCUT2D eigenvalue weighted by atomic mass is 9.76. The summed E-state index contributed by atoms with van der Waals surface area (Å²) in [5, 5.41) is 3.75. The van der Waals surface area contributed by atoms with E-state index < -0.39 is 0 Å². The molecule has 21 heavy (non-hydrogen) atoms. The smallest absolute Gasteiger partial charge is 0.0107 e. The maximum atomic E-state index is 3.75. The molecule has 0 spiro atoms. The highest BCUT2D eigenvalue weighted by Crippen LogP contribution is 2.36. The lowest BCUT2D eigenvalue weighted by Crippen LogP contribution is -2.44. The van der Waals surface area contributed by atoms with E-state index in [-0.39, 0.29) is 0 Å². The first kappa shape index (κ1) is 15.1. The molecule has 1 aliphatic heterocycles. The molecule has 1 aromatic rings. The van der Waals surface area contributed by atoms with Gasteiger partial charge in [-0.1, -0.05) is 36.8 Å². The van der Waals surface area contributed by atoms with Crippen molar-refractivity contribution < 1.29 is 0 Å². The van der Waals surface area contributed by atoms with E-state index in [0.29, 0.717) is 0 Å². The molecule has 1 heterocycles. The molecule has 116 valence electrons. The molecule has 2 aliphatic rings. The fourth-order valence-corrected chi connectivity index (χ4v) is 3.61. The van der Waals surface area contributed by atoms with Gasteiger partial charge in [0.15, 0.2) is 0 Å². The van der Waals surface area contributed by atoms with Crippen molar-refractivity contribution in [1.29, 1.82) is 0 Å². The van der Waals surface area contributed by atoms with Crippen LogP contribution in [0.4, 0.5) is 0 Å². The Morgan fingerprint density at radius 2 is 1.76 bits per heavy atom. The fourth-order valence-electron chi connectivity index (χ4n) is 3.61. The molecule has 1 saturated carbocycles. The molecule has 1 saturated heterocycles. The fraction of sp³-hybridized carbons (Fsp3) is 0.684. The quantitative estimate of drug-likeness (QED) is 0.890. The zero-order valence-corrected chi connectivity index (χ0v) is 13.6. The van der Waals surface area contributed by atoms with Crippen molar-refractivity contribution in [2.75, 3.05) is 26.2 Å². The molecular weight excluding hydrogens is 256 g/mol. The van der Waals surface area contributed by atoms with Crippen molar-refractivity contribution in [3.8, 4) is 0 Å². The van der Waals surface area contributed by atoms with Gasteiger partial charge >= 0.3 is 0 Å². The third-order valence-corrected chi connectivity index (χ3v) is 5.42. The Balaban J connectivity index is 1.31. The molecule has 0 amide bonds. The van der Waals surface area contributed by atoms with Gasteiger partial charge in [-0.05, 0) is 63.1 Å². The van der Waals surface area contributed by atoms with Gasteiger partial charge < -0.3 is 10.2 Å². The number of aryl methyl sites for hydroxylation is 1. The molecule has 2 heteroatoms. The molecule has 0 unspecified atom stereocenters. The van der Waals surface area contributed by atoms with Gasteiger partial charge in [0, 0.05) is 19.1 Å². The molecule has 2 fully saturated rings. The van der Waals surface area contributed by atoms with Crippen LogP contribution in [-0.4, -0.2) is 37.1 Å². The van der Waals surface area contributed by atoms with E-state index in [2.05, 4.69) is 48.3 Å². The Kier molecular flexibility index (Phi) is 4.97. The van der Waals surface area contributed by atoms with Crippen molar-refractivity contribution in [2.45, 2.75) is 51.5 Å². The van der Waals surface area contributed by atoms with Gasteiger partial charge in [0.2, 0.25) is 0 Å². The second kappa shape index (κ2) is 6.93. The molecule has 0 atom stereocenters. The SMILES string of the molecule is Cc1ccc(C2CC(NCCN3CCC(C)CC3)C2)cc1. The molecule has 2 nitrogen and oxygen atoms in total. The minimum absolute atomic E-state index is 0.750. The van der Waals surface area contributed by atoms with Crippen LogP contribution in [0, 0.1) is 12.8 Å². The second-order valence-corrected chi connectivity index (χ2v) is 7.25. The van der Waals surface area contributed by atoms with Crippen molar-refractivity contribution in [2.24, 2.45) is 5.92 Å². The average Bonchev–Trinajstić information content (AvgIpc) is 2.45. The Morgan fingerprint density at radius 1 is 1.10 bits per heavy atom. The lowest BCUT2D eigenvalue weighted by molar-refractivity contribution is 0.184. The van der Waals surface area contributed by atoms with Crippen LogP contribution in [0.3, 0.4) is 0 Å². The summed E-state index contributed by atoms with van der Waals surface area (Å²) in [6.45, 7) is 9.56. The topological polar surface area (TPSA) is 15.3 Å². The van der Waals surface area contributed by atoms with E-state index in [4.69, 9.17) is 0 Å². The monoisotopic (exact) mass is 286 g/mol. The van der Waals surface area contributed by atoms with Crippen LogP contribution < -0.4 is 5.32 Å². The highest BCUT2D eigenvalue weighted by atomic mass is 15.1. The lowest BCUT2D eigenvalue weighted by Gasteiger charge is -2.37. The number of nitrogens with zero attached hydrogens (tertiary/aromatic N) is 1. The minimum Gasteiger partial charge on any atom is -0.313 e. The summed E-state index contributed by atoms with van der Waals surface area (Å²) >= 11 is 0. The summed E-state index contributed by atoms with van der Waals surface area (Å²) in [5.74, 6) is 1.73. The summed E-state index contributed by atoms with van der Waals surface area (Å²) in [6.07, 6.45) is 5.41. The van der Waals surface area contributed by atoms with E-state index in [0.717, 1.165) is 17.9 Å². The van der Waals surface area contributed by atoms with Crippen LogP contribution in [0.25, 0.3) is 0 Å². The molecule has 0 radical (unpaired) electrons. The minimum atomic E-state index is 0.750. The molecule has 1 N–H and O–H groups in total. The molecule has 3 rings (SSSR count). The highest BCUT2D eigenvalue weighted by Gasteiger charge is 2.29. The third kappa shape index (κ3) is 4.08. The summed E-state index contributed by atoms with van der Waals surface area (Å²) in [6, 6.07) is 9.86. The van der Waals surface area contributed by atoms with E-state index in [1.165, 1.54) is 63.0 Å². The predicted octanol–water partition coefficient (Wildman–Crippen LogP) is 3.56. The maximum absolute atomic E-state index is 3.75.